The Hall–Kier alpha value is -5.81. The molecule has 1 aliphatic carbocycles. The van der Waals surface area contributed by atoms with Crippen molar-refractivity contribution in [1.29, 1.82) is 0 Å². The molecule has 2 aliphatic heterocycles. The number of phenolic OH excluding ortho intramolecular Hbond substituents is 1. The van der Waals surface area contributed by atoms with Crippen molar-refractivity contribution in [3.63, 3.8) is 0 Å². The van der Waals surface area contributed by atoms with E-state index in [2.05, 4.69) is 36.4 Å². The van der Waals surface area contributed by atoms with Crippen molar-refractivity contribution < 1.29 is 33.7 Å². The molecule has 16 nitrogen and oxygen atoms in total. The summed E-state index contributed by atoms with van der Waals surface area (Å²) in [7, 11) is 4.30. The number of carbonyl (C=O) groups is 3. The van der Waals surface area contributed by atoms with E-state index in [4.69, 9.17) is 14.2 Å². The van der Waals surface area contributed by atoms with Gasteiger partial charge in [-0.25, -0.2) is 0 Å². The van der Waals surface area contributed by atoms with Crippen molar-refractivity contribution in [2.45, 2.75) is 45.4 Å². The monoisotopic (exact) mass is 877 g/mol. The largest absolute Gasteiger partial charge is 0.504 e. The van der Waals surface area contributed by atoms with Crippen LogP contribution >= 0.6 is 0 Å². The number of hydrogen-bond donors (Lipinski definition) is 6. The summed E-state index contributed by atoms with van der Waals surface area (Å²) in [5.74, 6) is -1.35. The first-order chi connectivity index (χ1) is 31.0. The highest BCUT2D eigenvalue weighted by molar-refractivity contribution is 6.40. The fourth-order valence-electron chi connectivity index (χ4n) is 10.3. The third kappa shape index (κ3) is 8.23. The van der Waals surface area contributed by atoms with Gasteiger partial charge in [0.15, 0.2) is 22.4 Å². The topological polar surface area (TPSA) is 200 Å². The molecule has 64 heavy (non-hydrogen) atoms. The Morgan fingerprint density at radius 2 is 1.27 bits per heavy atom. The lowest BCUT2D eigenvalue weighted by molar-refractivity contribution is -0.121. The molecule has 5 aromatic rings. The van der Waals surface area contributed by atoms with Crippen LogP contribution in [0.1, 0.15) is 55.7 Å². The zero-order chi connectivity index (χ0) is 45.2. The molecule has 6 N–H and O–H groups in total. The number of ketones is 1. The first-order valence-corrected chi connectivity index (χ1v) is 22.4. The number of aromatic hydroxyl groups is 1. The second-order valence-electron chi connectivity index (χ2n) is 17.1. The molecular weight excluding hydrogens is 819 g/mol. The Bertz CT molecular complexity index is 2760. The fourth-order valence-corrected chi connectivity index (χ4v) is 10.3. The van der Waals surface area contributed by atoms with E-state index in [1.807, 2.05) is 13.0 Å². The maximum absolute atomic E-state index is 14.8. The van der Waals surface area contributed by atoms with Gasteiger partial charge in [0.05, 0.1) is 38.0 Å². The summed E-state index contributed by atoms with van der Waals surface area (Å²) < 4.78 is 17.8. The second-order valence-corrected chi connectivity index (χ2v) is 17.1. The molecule has 340 valence electrons. The van der Waals surface area contributed by atoms with Crippen LogP contribution in [0.4, 0.5) is 5.69 Å². The van der Waals surface area contributed by atoms with Gasteiger partial charge in [-0.05, 0) is 48.6 Å². The zero-order valence-electron chi connectivity index (χ0n) is 37.4. The normalized spacial score (nSPS) is 17.0. The molecule has 0 spiro atoms. The summed E-state index contributed by atoms with van der Waals surface area (Å²) in [6.45, 7) is 13.4. The maximum atomic E-state index is 14.8. The molecule has 2 heterocycles. The molecular formula is C48H59N7O9. The number of anilines is 1. The van der Waals surface area contributed by atoms with E-state index in [1.165, 1.54) is 40.4 Å². The van der Waals surface area contributed by atoms with Gasteiger partial charge in [0, 0.05) is 143 Å². The van der Waals surface area contributed by atoms with Gasteiger partial charge in [-0.2, -0.15) is 0 Å². The van der Waals surface area contributed by atoms with Crippen LogP contribution in [0.2, 0.25) is 0 Å². The van der Waals surface area contributed by atoms with Crippen LogP contribution in [0, 0.1) is 0 Å². The first kappa shape index (κ1) is 44.8. The Morgan fingerprint density at radius 1 is 0.719 bits per heavy atom. The zero-order valence-corrected chi connectivity index (χ0v) is 37.4. The number of nitrogens with zero attached hydrogens (tertiary/aromatic N) is 2. The maximum Gasteiger partial charge on any atom is 0.221 e. The summed E-state index contributed by atoms with van der Waals surface area (Å²) in [4.78, 5) is 74.1. The number of allylic oxidation sites excluding steroid dienone is 1. The number of rotatable bonds is 18. The number of benzene rings is 5. The second kappa shape index (κ2) is 19.1. The van der Waals surface area contributed by atoms with Gasteiger partial charge >= 0.3 is 0 Å². The summed E-state index contributed by atoms with van der Waals surface area (Å²) in [6, 6.07) is 2.72. The van der Waals surface area contributed by atoms with Crippen molar-refractivity contribution >= 4 is 72.5 Å². The molecule has 8 rings (SSSR count). The minimum atomic E-state index is -0.911. The van der Waals surface area contributed by atoms with Crippen molar-refractivity contribution in [3.8, 4) is 23.0 Å². The van der Waals surface area contributed by atoms with E-state index in [0.717, 1.165) is 65.4 Å². The number of carbonyl (C=O) groups excluding carboxylic acids is 3. The third-order valence-electron chi connectivity index (χ3n) is 13.2. The van der Waals surface area contributed by atoms with Gasteiger partial charge < -0.3 is 45.9 Å². The number of amides is 2. The van der Waals surface area contributed by atoms with E-state index in [1.54, 1.807) is 0 Å². The number of ether oxygens (including phenoxy) is 3. The molecule has 0 bridgehead atoms. The van der Waals surface area contributed by atoms with Gasteiger partial charge in [-0.1, -0.05) is 11.6 Å². The lowest BCUT2D eigenvalue weighted by atomic mass is 9.80. The van der Waals surface area contributed by atoms with Crippen molar-refractivity contribution in [2.24, 2.45) is 0 Å². The Balaban J connectivity index is 1.31. The fraction of sp³-hybridized carbons (Fsp3) is 0.479. The van der Waals surface area contributed by atoms with E-state index >= 15 is 0 Å². The van der Waals surface area contributed by atoms with E-state index in [9.17, 15) is 29.1 Å². The molecule has 16 heteroatoms. The van der Waals surface area contributed by atoms with E-state index in [0.29, 0.717) is 91.6 Å². The van der Waals surface area contributed by atoms with E-state index in [-0.39, 0.29) is 65.0 Å². The molecule has 2 amide bonds. The standard InChI is InChI=1S/C48H59N7O9/c1-26-23-29-28(7-6-8-34(59)51-15-21-54-17-11-49-12-18-54)46(53-10-9-35(60)52-16-22-55-19-13-50-14-20-55)38-30(57)24-32(62-3)40-41-33(63-4)25-31(58)39-44(41)43(37(29)42(38)40)45(36(26)27(2)56)48(64-5)47(39)61/h23-25,36,49-50,53,61H,6-22H2,1-5H3,(H,51,59)(H,52,60). The van der Waals surface area contributed by atoms with Crippen molar-refractivity contribution in [1.82, 2.24) is 31.1 Å². The van der Waals surface area contributed by atoms with E-state index < -0.39 is 17.1 Å². The molecule has 2 saturated heterocycles. The van der Waals surface area contributed by atoms with Crippen LogP contribution in [0.25, 0.3) is 49.2 Å². The Kier molecular flexibility index (Phi) is 13.4. The predicted molar refractivity (Wildman–Crippen MR) is 250 cm³/mol. The van der Waals surface area contributed by atoms with Crippen LogP contribution in [0.5, 0.6) is 23.0 Å². The van der Waals surface area contributed by atoms with Gasteiger partial charge in [-0.15, -0.1) is 0 Å². The third-order valence-corrected chi connectivity index (χ3v) is 13.2. The Morgan fingerprint density at radius 3 is 1.81 bits per heavy atom. The molecule has 3 aliphatic rings. The number of methoxy groups -OCH3 is 3. The molecule has 0 saturated carbocycles. The molecule has 2 fully saturated rings. The smallest absolute Gasteiger partial charge is 0.221 e. The highest BCUT2D eigenvalue weighted by Gasteiger charge is 2.37. The van der Waals surface area contributed by atoms with Gasteiger partial charge in [-0.3, -0.25) is 33.8 Å². The summed E-state index contributed by atoms with van der Waals surface area (Å²) in [5.41, 5.74) is 2.05. The minimum Gasteiger partial charge on any atom is -0.504 e. The van der Waals surface area contributed by atoms with Crippen LogP contribution in [0.3, 0.4) is 0 Å². The number of fused-ring (bicyclic) bond motifs is 1. The molecule has 1 atom stereocenters. The Labute approximate surface area is 371 Å². The minimum absolute atomic E-state index is 0.0115. The number of Topliss-reactive ketones (excluding diaryl/α,β-unsaturated/α-hetero) is 1. The van der Waals surface area contributed by atoms with Gasteiger partial charge in [0.1, 0.15) is 17.3 Å². The highest BCUT2D eigenvalue weighted by Crippen LogP contribution is 2.57. The number of nitrogens with one attached hydrogen (secondary N) is 5. The quantitative estimate of drug-likeness (QED) is 0.0555. The lowest BCUT2D eigenvalue weighted by Crippen LogP contribution is -2.46. The van der Waals surface area contributed by atoms with Crippen LogP contribution in [0.15, 0.2) is 27.3 Å². The first-order valence-electron chi connectivity index (χ1n) is 22.4. The van der Waals surface area contributed by atoms with Crippen LogP contribution < -0.4 is 51.7 Å². The molecule has 5 aromatic carbocycles. The number of piperazine rings is 2. The molecule has 1 unspecified atom stereocenters. The van der Waals surface area contributed by atoms with Crippen LogP contribution in [-0.4, -0.2) is 139 Å². The van der Waals surface area contributed by atoms with Crippen molar-refractivity contribution in [2.75, 3.05) is 112 Å². The van der Waals surface area contributed by atoms with Gasteiger partial charge in [0.25, 0.3) is 0 Å². The molecule has 0 radical (unpaired) electrons. The summed E-state index contributed by atoms with van der Waals surface area (Å²) in [6.07, 6.45) is 3.02. The average Bonchev–Trinajstić information content (AvgIpc) is 3.42. The number of hydrogen-bond acceptors (Lipinski definition) is 14. The SMILES string of the molecule is COc1c(O)c2c(=O)cc(OC)c3c4c(OC)cc(=O)c5c(NCCC(=O)NCCN6CCNCC6)c(CCCC(=O)NCCN6CCNCC6)c6c(c(c1C(C(C)=O)C(C)=C6)c23)c54. The summed E-state index contributed by atoms with van der Waals surface area (Å²) >= 11 is 0. The lowest BCUT2D eigenvalue weighted by Gasteiger charge is -2.27. The predicted octanol–water partition coefficient (Wildman–Crippen LogP) is 2.88. The highest BCUT2D eigenvalue weighted by atomic mass is 16.5. The molecule has 0 aromatic heterocycles. The van der Waals surface area contributed by atoms with Gasteiger partial charge in [0.2, 0.25) is 11.8 Å². The average molecular weight is 878 g/mol. The summed E-state index contributed by atoms with van der Waals surface area (Å²) in [5, 5.41) is 31.4. The number of phenols is 1. The van der Waals surface area contributed by atoms with Crippen LogP contribution in [-0.2, 0) is 20.8 Å². The van der Waals surface area contributed by atoms with Crippen molar-refractivity contribution in [3.05, 3.63) is 54.8 Å².